The van der Waals surface area contributed by atoms with Crippen LogP contribution in [0.25, 0.3) is 11.1 Å². The van der Waals surface area contributed by atoms with E-state index in [1.54, 1.807) is 14.2 Å². The van der Waals surface area contributed by atoms with Crippen LogP contribution >= 0.6 is 0 Å². The first-order valence-corrected chi connectivity index (χ1v) is 6.78. The number of methoxy groups -OCH3 is 2. The molecule has 2 heteroatoms. The van der Waals surface area contributed by atoms with Gasteiger partial charge in [0.1, 0.15) is 11.5 Å². The van der Waals surface area contributed by atoms with Crippen LogP contribution in [0.15, 0.2) is 24.3 Å². The first-order chi connectivity index (χ1) is 9.47. The quantitative estimate of drug-likeness (QED) is 0.811. The smallest absolute Gasteiger partial charge is 0.127 e. The normalized spacial score (nSPS) is 10.5. The molecule has 0 saturated heterocycles. The van der Waals surface area contributed by atoms with Crippen molar-refractivity contribution in [2.45, 2.75) is 27.7 Å². The molecule has 20 heavy (non-hydrogen) atoms. The summed E-state index contributed by atoms with van der Waals surface area (Å²) in [5.74, 6) is 1.77. The van der Waals surface area contributed by atoms with Crippen molar-refractivity contribution in [1.82, 2.24) is 0 Å². The standard InChI is InChI=1S/C18H22O2/c1-11-7-15(17(19-5)9-13(11)3)16-8-12(2)14(4)10-18(16)20-6/h7-10H,1-6H3. The maximum atomic E-state index is 5.55. The lowest BCUT2D eigenvalue weighted by atomic mass is 9.95. The van der Waals surface area contributed by atoms with Gasteiger partial charge in [0.15, 0.2) is 0 Å². The summed E-state index contributed by atoms with van der Waals surface area (Å²) in [6, 6.07) is 8.50. The van der Waals surface area contributed by atoms with Crippen LogP contribution in [-0.4, -0.2) is 14.2 Å². The van der Waals surface area contributed by atoms with E-state index in [2.05, 4.69) is 52.0 Å². The summed E-state index contributed by atoms with van der Waals surface area (Å²) in [6.07, 6.45) is 0. The van der Waals surface area contributed by atoms with Gasteiger partial charge in [-0.2, -0.15) is 0 Å². The Balaban J connectivity index is 2.73. The molecular formula is C18H22O2. The maximum Gasteiger partial charge on any atom is 0.127 e. The highest BCUT2D eigenvalue weighted by molar-refractivity contribution is 5.78. The Morgan fingerprint density at radius 2 is 0.850 bits per heavy atom. The Bertz CT molecular complexity index is 585. The van der Waals surface area contributed by atoms with E-state index in [1.807, 2.05) is 0 Å². The van der Waals surface area contributed by atoms with Crippen LogP contribution < -0.4 is 9.47 Å². The second-order valence-electron chi connectivity index (χ2n) is 5.27. The topological polar surface area (TPSA) is 18.5 Å². The van der Waals surface area contributed by atoms with Crippen molar-refractivity contribution >= 4 is 0 Å². The molecule has 106 valence electrons. The molecule has 0 radical (unpaired) electrons. The maximum absolute atomic E-state index is 5.55. The molecule has 0 fully saturated rings. The Labute approximate surface area is 121 Å². The number of ether oxygens (including phenoxy) is 2. The van der Waals surface area contributed by atoms with Gasteiger partial charge in [-0.3, -0.25) is 0 Å². The van der Waals surface area contributed by atoms with Crippen molar-refractivity contribution in [3.63, 3.8) is 0 Å². The fraction of sp³-hybridized carbons (Fsp3) is 0.333. The fourth-order valence-corrected chi connectivity index (χ4v) is 2.34. The molecular weight excluding hydrogens is 248 g/mol. The number of hydrogen-bond acceptors (Lipinski definition) is 2. The van der Waals surface area contributed by atoms with Gasteiger partial charge in [-0.1, -0.05) is 0 Å². The van der Waals surface area contributed by atoms with Crippen molar-refractivity contribution in [2.24, 2.45) is 0 Å². The highest BCUT2D eigenvalue weighted by Crippen LogP contribution is 2.39. The average molecular weight is 270 g/mol. The second kappa shape index (κ2) is 5.58. The van der Waals surface area contributed by atoms with E-state index >= 15 is 0 Å². The molecule has 0 spiro atoms. The molecule has 0 aliphatic carbocycles. The molecule has 0 amide bonds. The summed E-state index contributed by atoms with van der Waals surface area (Å²) in [5, 5.41) is 0. The SMILES string of the molecule is COc1cc(C)c(C)cc1-c1cc(C)c(C)cc1OC. The first-order valence-electron chi connectivity index (χ1n) is 6.78. The molecule has 2 aromatic carbocycles. The number of benzene rings is 2. The van der Waals surface area contributed by atoms with E-state index in [4.69, 9.17) is 9.47 Å². The summed E-state index contributed by atoms with van der Waals surface area (Å²) in [7, 11) is 3.42. The van der Waals surface area contributed by atoms with Crippen molar-refractivity contribution < 1.29 is 9.47 Å². The van der Waals surface area contributed by atoms with E-state index in [0.717, 1.165) is 22.6 Å². The van der Waals surface area contributed by atoms with Gasteiger partial charge < -0.3 is 9.47 Å². The Morgan fingerprint density at radius 1 is 0.550 bits per heavy atom. The van der Waals surface area contributed by atoms with Gasteiger partial charge in [0.05, 0.1) is 14.2 Å². The van der Waals surface area contributed by atoms with E-state index in [1.165, 1.54) is 22.3 Å². The second-order valence-corrected chi connectivity index (χ2v) is 5.27. The van der Waals surface area contributed by atoms with Gasteiger partial charge in [0, 0.05) is 11.1 Å². The first kappa shape index (κ1) is 14.4. The zero-order valence-corrected chi connectivity index (χ0v) is 13.1. The lowest BCUT2D eigenvalue weighted by molar-refractivity contribution is 0.410. The molecule has 0 unspecified atom stereocenters. The summed E-state index contributed by atoms with van der Waals surface area (Å²) in [4.78, 5) is 0. The Kier molecular flexibility index (Phi) is 4.03. The zero-order valence-electron chi connectivity index (χ0n) is 13.1. The van der Waals surface area contributed by atoms with Crippen molar-refractivity contribution in [3.05, 3.63) is 46.5 Å². The van der Waals surface area contributed by atoms with Crippen LogP contribution in [0.5, 0.6) is 11.5 Å². The lowest BCUT2D eigenvalue weighted by Crippen LogP contribution is -1.96. The molecule has 0 aliphatic rings. The molecule has 0 atom stereocenters. The molecule has 0 aliphatic heterocycles. The van der Waals surface area contributed by atoms with E-state index < -0.39 is 0 Å². The van der Waals surface area contributed by atoms with Crippen LogP contribution in [0.2, 0.25) is 0 Å². The third kappa shape index (κ3) is 2.51. The Morgan fingerprint density at radius 3 is 1.15 bits per heavy atom. The van der Waals surface area contributed by atoms with Crippen LogP contribution in [0.3, 0.4) is 0 Å². The van der Waals surface area contributed by atoms with E-state index in [9.17, 15) is 0 Å². The van der Waals surface area contributed by atoms with Crippen LogP contribution in [0.1, 0.15) is 22.3 Å². The monoisotopic (exact) mass is 270 g/mol. The molecule has 0 saturated carbocycles. The minimum atomic E-state index is 0.884. The Hall–Kier alpha value is -1.96. The van der Waals surface area contributed by atoms with Gasteiger partial charge in [0.2, 0.25) is 0 Å². The van der Waals surface area contributed by atoms with Crippen LogP contribution in [-0.2, 0) is 0 Å². The van der Waals surface area contributed by atoms with Crippen LogP contribution in [0, 0.1) is 27.7 Å². The predicted molar refractivity (Wildman–Crippen MR) is 83.9 cm³/mol. The molecule has 0 bridgehead atoms. The third-order valence-corrected chi connectivity index (χ3v) is 3.92. The summed E-state index contributed by atoms with van der Waals surface area (Å²) in [6.45, 7) is 8.43. The highest BCUT2D eigenvalue weighted by atomic mass is 16.5. The number of hydrogen-bond donors (Lipinski definition) is 0. The average Bonchev–Trinajstić information content (AvgIpc) is 2.43. The lowest BCUT2D eigenvalue weighted by Gasteiger charge is -2.16. The molecule has 0 aromatic heterocycles. The number of rotatable bonds is 3. The molecule has 2 rings (SSSR count). The zero-order chi connectivity index (χ0) is 14.9. The molecule has 2 nitrogen and oxygen atoms in total. The van der Waals surface area contributed by atoms with Crippen LogP contribution in [0.4, 0.5) is 0 Å². The minimum Gasteiger partial charge on any atom is -0.496 e. The molecule has 0 N–H and O–H groups in total. The van der Waals surface area contributed by atoms with E-state index in [0.29, 0.717) is 0 Å². The van der Waals surface area contributed by atoms with Gasteiger partial charge in [0.25, 0.3) is 0 Å². The third-order valence-electron chi connectivity index (χ3n) is 3.92. The van der Waals surface area contributed by atoms with Gasteiger partial charge in [-0.05, 0) is 74.2 Å². The summed E-state index contributed by atoms with van der Waals surface area (Å²) >= 11 is 0. The van der Waals surface area contributed by atoms with E-state index in [-0.39, 0.29) is 0 Å². The van der Waals surface area contributed by atoms with Gasteiger partial charge >= 0.3 is 0 Å². The largest absolute Gasteiger partial charge is 0.496 e. The molecule has 2 aromatic rings. The van der Waals surface area contributed by atoms with Crippen molar-refractivity contribution in [3.8, 4) is 22.6 Å². The van der Waals surface area contributed by atoms with Crippen molar-refractivity contribution in [2.75, 3.05) is 14.2 Å². The summed E-state index contributed by atoms with van der Waals surface area (Å²) < 4.78 is 11.1. The minimum absolute atomic E-state index is 0.884. The number of aryl methyl sites for hydroxylation is 4. The van der Waals surface area contributed by atoms with Gasteiger partial charge in [-0.15, -0.1) is 0 Å². The fourth-order valence-electron chi connectivity index (χ4n) is 2.34. The summed E-state index contributed by atoms with van der Waals surface area (Å²) in [5.41, 5.74) is 7.12. The highest BCUT2D eigenvalue weighted by Gasteiger charge is 2.14. The van der Waals surface area contributed by atoms with Gasteiger partial charge in [-0.25, -0.2) is 0 Å². The van der Waals surface area contributed by atoms with Crippen molar-refractivity contribution in [1.29, 1.82) is 0 Å². The molecule has 0 heterocycles. The predicted octanol–water partition coefficient (Wildman–Crippen LogP) is 4.60.